The van der Waals surface area contributed by atoms with Gasteiger partial charge in [0.15, 0.2) is 18.1 Å². The highest BCUT2D eigenvalue weighted by molar-refractivity contribution is 5.95. The van der Waals surface area contributed by atoms with Crippen molar-refractivity contribution in [3.63, 3.8) is 0 Å². The lowest BCUT2D eigenvalue weighted by Crippen LogP contribution is -2.38. The Morgan fingerprint density at radius 3 is 2.46 bits per heavy atom. The van der Waals surface area contributed by atoms with Gasteiger partial charge in [-0.2, -0.15) is 0 Å². The van der Waals surface area contributed by atoms with Gasteiger partial charge in [-0.15, -0.1) is 0 Å². The molecule has 0 bridgehead atoms. The molecule has 2 rings (SSSR count). The fraction of sp³-hybridized carbons (Fsp3) is 0.550. The van der Waals surface area contributed by atoms with Crippen LogP contribution in [0.2, 0.25) is 0 Å². The van der Waals surface area contributed by atoms with Crippen LogP contribution in [-0.2, 0) is 9.59 Å². The van der Waals surface area contributed by atoms with Crippen LogP contribution in [0.4, 0.5) is 0 Å². The van der Waals surface area contributed by atoms with Gasteiger partial charge in [0.2, 0.25) is 0 Å². The van der Waals surface area contributed by atoms with Gasteiger partial charge in [0.25, 0.3) is 11.8 Å². The first-order valence-corrected chi connectivity index (χ1v) is 9.41. The number of nitrogens with zero attached hydrogens (tertiary/aromatic N) is 1. The van der Waals surface area contributed by atoms with Gasteiger partial charge in [-0.1, -0.05) is 0 Å². The van der Waals surface area contributed by atoms with Crippen LogP contribution in [0.3, 0.4) is 0 Å². The molecule has 1 saturated heterocycles. The third kappa shape index (κ3) is 6.14. The largest absolute Gasteiger partial charge is 0.493 e. The number of carboxylic acids is 1. The van der Waals surface area contributed by atoms with Crippen molar-refractivity contribution in [2.75, 3.05) is 26.8 Å². The molecule has 0 radical (unpaired) electrons. The van der Waals surface area contributed by atoms with E-state index in [0.29, 0.717) is 43.0 Å². The number of methoxy groups -OCH3 is 1. The second kappa shape index (κ2) is 9.96. The first-order chi connectivity index (χ1) is 13.3. The summed E-state index contributed by atoms with van der Waals surface area (Å²) in [5.74, 6) is -0.282. The van der Waals surface area contributed by atoms with Gasteiger partial charge in [-0.25, -0.2) is 0 Å². The van der Waals surface area contributed by atoms with Crippen molar-refractivity contribution in [1.82, 2.24) is 10.2 Å². The average molecular weight is 392 g/mol. The average Bonchev–Trinajstić information content (AvgIpc) is 2.65. The number of hydrogen-bond donors (Lipinski definition) is 2. The minimum absolute atomic E-state index is 0.0256. The van der Waals surface area contributed by atoms with Crippen LogP contribution in [0.25, 0.3) is 0 Å². The van der Waals surface area contributed by atoms with E-state index in [9.17, 15) is 14.4 Å². The monoisotopic (exact) mass is 392 g/mol. The Morgan fingerprint density at radius 2 is 1.89 bits per heavy atom. The molecule has 1 aliphatic rings. The predicted molar refractivity (Wildman–Crippen MR) is 103 cm³/mol. The number of likely N-dealkylation sites (tertiary alicyclic amines) is 1. The summed E-state index contributed by atoms with van der Waals surface area (Å²) in [5.41, 5.74) is 0.465. The van der Waals surface area contributed by atoms with Crippen molar-refractivity contribution in [1.29, 1.82) is 0 Å². The fourth-order valence-corrected chi connectivity index (χ4v) is 3.20. The summed E-state index contributed by atoms with van der Waals surface area (Å²) in [7, 11) is 1.47. The van der Waals surface area contributed by atoms with E-state index in [2.05, 4.69) is 5.32 Å². The molecule has 154 valence electrons. The van der Waals surface area contributed by atoms with E-state index in [1.165, 1.54) is 7.11 Å². The number of nitrogens with one attached hydrogen (secondary N) is 1. The van der Waals surface area contributed by atoms with Crippen LogP contribution in [0, 0.1) is 5.92 Å². The number of hydrogen-bond acceptors (Lipinski definition) is 5. The van der Waals surface area contributed by atoms with Crippen molar-refractivity contribution in [3.05, 3.63) is 23.8 Å². The Bertz CT molecular complexity index is 711. The van der Waals surface area contributed by atoms with Crippen LogP contribution in [0.15, 0.2) is 18.2 Å². The van der Waals surface area contributed by atoms with E-state index in [-0.39, 0.29) is 36.8 Å². The van der Waals surface area contributed by atoms with Crippen LogP contribution in [-0.4, -0.2) is 60.6 Å². The molecule has 1 aromatic carbocycles. The molecule has 0 unspecified atom stereocenters. The number of carbonyl (C=O) groups excluding carboxylic acids is 2. The molecule has 1 aromatic rings. The Hall–Kier alpha value is -2.77. The lowest BCUT2D eigenvalue weighted by Gasteiger charge is -2.31. The molecule has 0 aromatic heterocycles. The van der Waals surface area contributed by atoms with Crippen molar-refractivity contribution in [2.24, 2.45) is 5.92 Å². The summed E-state index contributed by atoms with van der Waals surface area (Å²) >= 11 is 0. The topological polar surface area (TPSA) is 105 Å². The second-order valence-electron chi connectivity index (χ2n) is 7.21. The molecule has 0 atom stereocenters. The maximum Gasteiger partial charge on any atom is 0.303 e. The van der Waals surface area contributed by atoms with Crippen molar-refractivity contribution < 1.29 is 29.0 Å². The molecule has 0 saturated carbocycles. The second-order valence-corrected chi connectivity index (χ2v) is 7.21. The zero-order valence-electron chi connectivity index (χ0n) is 16.6. The molecule has 1 fully saturated rings. The third-order valence-electron chi connectivity index (χ3n) is 4.58. The van der Waals surface area contributed by atoms with E-state index in [1.54, 1.807) is 23.1 Å². The first kappa shape index (κ1) is 21.5. The van der Waals surface area contributed by atoms with Crippen LogP contribution in [0.1, 0.15) is 43.5 Å². The lowest BCUT2D eigenvalue weighted by molar-refractivity contribution is -0.138. The number of benzene rings is 1. The van der Waals surface area contributed by atoms with Gasteiger partial charge in [0.05, 0.1) is 7.11 Å². The SMILES string of the molecule is COc1cc(C(=O)N2CCC(CC(=O)O)CC2)ccc1OCC(=O)NC(C)C. The Labute approximate surface area is 164 Å². The first-order valence-electron chi connectivity index (χ1n) is 9.41. The smallest absolute Gasteiger partial charge is 0.303 e. The van der Waals surface area contributed by atoms with Crippen molar-refractivity contribution in [2.45, 2.75) is 39.2 Å². The van der Waals surface area contributed by atoms with Crippen LogP contribution >= 0.6 is 0 Å². The Morgan fingerprint density at radius 1 is 1.21 bits per heavy atom. The zero-order valence-corrected chi connectivity index (χ0v) is 16.6. The highest BCUT2D eigenvalue weighted by atomic mass is 16.5. The summed E-state index contributed by atoms with van der Waals surface area (Å²) < 4.78 is 10.8. The molecule has 8 nitrogen and oxygen atoms in total. The number of rotatable bonds is 8. The predicted octanol–water partition coefficient (Wildman–Crippen LogP) is 1.93. The number of carbonyl (C=O) groups is 3. The molecule has 28 heavy (non-hydrogen) atoms. The fourth-order valence-electron chi connectivity index (χ4n) is 3.20. The highest BCUT2D eigenvalue weighted by Gasteiger charge is 2.25. The van der Waals surface area contributed by atoms with E-state index < -0.39 is 5.97 Å². The van der Waals surface area contributed by atoms with Gasteiger partial charge in [0, 0.05) is 31.1 Å². The number of carboxylic acid groups (broad SMARTS) is 1. The standard InChI is InChI=1S/C20H28N2O6/c1-13(2)21-18(23)12-28-16-5-4-15(11-17(16)27-3)20(26)22-8-6-14(7-9-22)10-19(24)25/h4-5,11,13-14H,6-10,12H2,1-3H3,(H,21,23)(H,24,25). The van der Waals surface area contributed by atoms with E-state index in [0.717, 1.165) is 0 Å². The summed E-state index contributed by atoms with van der Waals surface area (Å²) in [4.78, 5) is 37.0. The van der Waals surface area contributed by atoms with E-state index in [4.69, 9.17) is 14.6 Å². The van der Waals surface area contributed by atoms with E-state index in [1.807, 2.05) is 13.8 Å². The molecule has 8 heteroatoms. The molecule has 2 N–H and O–H groups in total. The van der Waals surface area contributed by atoms with Gasteiger partial charge in [-0.3, -0.25) is 14.4 Å². The van der Waals surface area contributed by atoms with Crippen molar-refractivity contribution in [3.8, 4) is 11.5 Å². The minimum atomic E-state index is -0.799. The van der Waals surface area contributed by atoms with Crippen LogP contribution < -0.4 is 14.8 Å². The molecule has 2 amide bonds. The number of aliphatic carboxylic acids is 1. The quantitative estimate of drug-likeness (QED) is 0.700. The zero-order chi connectivity index (χ0) is 20.7. The van der Waals surface area contributed by atoms with Gasteiger partial charge < -0.3 is 24.8 Å². The maximum absolute atomic E-state index is 12.7. The summed E-state index contributed by atoms with van der Waals surface area (Å²) in [6.45, 7) is 4.66. The summed E-state index contributed by atoms with van der Waals surface area (Å²) in [5, 5.41) is 11.6. The summed E-state index contributed by atoms with van der Waals surface area (Å²) in [6.07, 6.45) is 1.51. The molecular formula is C20H28N2O6. The molecule has 1 heterocycles. The maximum atomic E-state index is 12.7. The van der Waals surface area contributed by atoms with Gasteiger partial charge in [0.1, 0.15) is 0 Å². The van der Waals surface area contributed by atoms with Crippen LogP contribution in [0.5, 0.6) is 11.5 Å². The van der Waals surface area contributed by atoms with Gasteiger partial charge in [-0.05, 0) is 50.8 Å². The normalized spacial score (nSPS) is 14.6. The van der Waals surface area contributed by atoms with Crippen molar-refractivity contribution >= 4 is 17.8 Å². The molecule has 1 aliphatic heterocycles. The number of ether oxygens (including phenoxy) is 2. The number of piperidine rings is 1. The third-order valence-corrected chi connectivity index (χ3v) is 4.58. The Balaban J connectivity index is 1.98. The molecule has 0 spiro atoms. The lowest BCUT2D eigenvalue weighted by atomic mass is 9.93. The Kier molecular flexibility index (Phi) is 7.66. The minimum Gasteiger partial charge on any atom is -0.493 e. The highest BCUT2D eigenvalue weighted by Crippen LogP contribution is 2.29. The molecule has 0 aliphatic carbocycles. The summed E-state index contributed by atoms with van der Waals surface area (Å²) in [6, 6.07) is 4.88. The molecular weight excluding hydrogens is 364 g/mol. The van der Waals surface area contributed by atoms with E-state index >= 15 is 0 Å². The number of amides is 2. The van der Waals surface area contributed by atoms with Gasteiger partial charge >= 0.3 is 5.97 Å².